The van der Waals surface area contributed by atoms with Crippen LogP contribution in [0.15, 0.2) is 83.8 Å². The number of rotatable bonds is 10. The van der Waals surface area contributed by atoms with Crippen LogP contribution in [0.25, 0.3) is 0 Å². The van der Waals surface area contributed by atoms with Crippen molar-refractivity contribution in [2.24, 2.45) is 0 Å². The predicted octanol–water partition coefficient (Wildman–Crippen LogP) is 3.36. The van der Waals surface area contributed by atoms with Gasteiger partial charge in [-0.2, -0.15) is 0 Å². The first-order valence-corrected chi connectivity index (χ1v) is 12.9. The molecular weight excluding hydrogens is 478 g/mol. The number of methoxy groups -OCH3 is 1. The lowest BCUT2D eigenvalue weighted by Gasteiger charge is -2.31. The second-order valence-corrected chi connectivity index (χ2v) is 10.2. The highest BCUT2D eigenvalue weighted by Gasteiger charge is 2.32. The van der Waals surface area contributed by atoms with Gasteiger partial charge in [0.25, 0.3) is 10.0 Å². The lowest BCUT2D eigenvalue weighted by molar-refractivity contribution is -0.139. The largest absolute Gasteiger partial charge is 0.497 e. The molecule has 9 heteroatoms. The molecule has 190 valence electrons. The number of likely N-dealkylation sites (N-methyl/N-ethyl adjacent to an activating group) is 1. The number of nitrogens with one attached hydrogen (secondary N) is 1. The van der Waals surface area contributed by atoms with E-state index in [0.717, 1.165) is 15.4 Å². The Morgan fingerprint density at radius 1 is 0.972 bits per heavy atom. The highest BCUT2D eigenvalue weighted by molar-refractivity contribution is 7.92. The van der Waals surface area contributed by atoms with E-state index >= 15 is 0 Å². The Kier molecular flexibility index (Phi) is 8.71. The van der Waals surface area contributed by atoms with Gasteiger partial charge in [-0.3, -0.25) is 13.9 Å². The number of ether oxygens (including phenoxy) is 1. The molecule has 0 spiro atoms. The third kappa shape index (κ3) is 6.23. The second kappa shape index (κ2) is 11.7. The van der Waals surface area contributed by atoms with E-state index in [4.69, 9.17) is 4.74 Å². The number of carbonyl (C=O) groups excluding carboxylic acids is 2. The lowest BCUT2D eigenvalue weighted by Crippen LogP contribution is -2.50. The first-order chi connectivity index (χ1) is 17.2. The Morgan fingerprint density at radius 2 is 1.64 bits per heavy atom. The van der Waals surface area contributed by atoms with Crippen LogP contribution in [0.4, 0.5) is 5.69 Å². The predicted molar refractivity (Wildman–Crippen MR) is 139 cm³/mol. The maximum absolute atomic E-state index is 13.7. The molecule has 2 amide bonds. The lowest BCUT2D eigenvalue weighted by atomic mass is 10.1. The summed E-state index contributed by atoms with van der Waals surface area (Å²) in [5, 5.41) is 2.57. The van der Waals surface area contributed by atoms with Crippen molar-refractivity contribution in [2.45, 2.75) is 31.3 Å². The topological polar surface area (TPSA) is 96.0 Å². The Hall–Kier alpha value is -3.85. The van der Waals surface area contributed by atoms with Crippen LogP contribution in [0.1, 0.15) is 18.1 Å². The van der Waals surface area contributed by atoms with Gasteiger partial charge in [0.15, 0.2) is 0 Å². The molecule has 1 unspecified atom stereocenters. The molecular formula is C27H31N3O5S. The molecule has 0 aromatic heterocycles. The maximum atomic E-state index is 13.7. The minimum Gasteiger partial charge on any atom is -0.497 e. The SMILES string of the molecule is CNC(=O)C(C)N(Cc1cccc(C)c1)C(=O)CN(c1ccc(OC)cc1)S(=O)(=O)c1ccccc1. The van der Waals surface area contributed by atoms with Crippen LogP contribution in [-0.4, -0.2) is 51.9 Å². The van der Waals surface area contributed by atoms with E-state index < -0.39 is 28.5 Å². The number of carbonyl (C=O) groups is 2. The fourth-order valence-electron chi connectivity index (χ4n) is 3.80. The first-order valence-electron chi connectivity index (χ1n) is 11.5. The van der Waals surface area contributed by atoms with Crippen LogP contribution < -0.4 is 14.4 Å². The van der Waals surface area contributed by atoms with E-state index in [2.05, 4.69) is 5.32 Å². The third-order valence-corrected chi connectivity index (χ3v) is 7.61. The molecule has 1 N–H and O–H groups in total. The number of anilines is 1. The molecule has 0 saturated carbocycles. The van der Waals surface area contributed by atoms with Gasteiger partial charge in [0, 0.05) is 13.6 Å². The van der Waals surface area contributed by atoms with Gasteiger partial charge in [0.1, 0.15) is 18.3 Å². The zero-order valence-corrected chi connectivity index (χ0v) is 21.7. The number of sulfonamides is 1. The summed E-state index contributed by atoms with van der Waals surface area (Å²) in [4.78, 5) is 27.7. The van der Waals surface area contributed by atoms with E-state index in [1.165, 1.54) is 31.2 Å². The first kappa shape index (κ1) is 26.7. The van der Waals surface area contributed by atoms with Gasteiger partial charge in [-0.1, -0.05) is 48.0 Å². The van der Waals surface area contributed by atoms with Crippen molar-refractivity contribution in [3.05, 3.63) is 90.0 Å². The molecule has 0 fully saturated rings. The van der Waals surface area contributed by atoms with Crippen LogP contribution >= 0.6 is 0 Å². The third-order valence-electron chi connectivity index (χ3n) is 5.82. The van der Waals surface area contributed by atoms with Crippen LogP contribution in [-0.2, 0) is 26.2 Å². The molecule has 36 heavy (non-hydrogen) atoms. The second-order valence-electron chi connectivity index (χ2n) is 8.32. The van der Waals surface area contributed by atoms with Gasteiger partial charge >= 0.3 is 0 Å². The number of aryl methyl sites for hydroxylation is 1. The van der Waals surface area contributed by atoms with E-state index in [1.54, 1.807) is 49.4 Å². The van der Waals surface area contributed by atoms with E-state index in [-0.39, 0.29) is 17.3 Å². The van der Waals surface area contributed by atoms with E-state index in [0.29, 0.717) is 11.4 Å². The smallest absolute Gasteiger partial charge is 0.264 e. The number of nitrogens with zero attached hydrogens (tertiary/aromatic N) is 2. The molecule has 0 aliphatic heterocycles. The van der Waals surface area contributed by atoms with Gasteiger partial charge in [0.05, 0.1) is 17.7 Å². The summed E-state index contributed by atoms with van der Waals surface area (Å²) in [5.41, 5.74) is 2.15. The minimum atomic E-state index is -4.09. The fourth-order valence-corrected chi connectivity index (χ4v) is 5.23. The molecule has 0 heterocycles. The number of benzene rings is 3. The standard InChI is InChI=1S/C27H31N3O5S/c1-20-9-8-10-22(17-20)18-29(21(2)27(32)28-3)26(31)19-30(23-13-15-24(35-4)16-14-23)36(33,34)25-11-6-5-7-12-25/h5-17,21H,18-19H2,1-4H3,(H,28,32). The number of amides is 2. The van der Waals surface area contributed by atoms with Crippen molar-refractivity contribution in [3.8, 4) is 5.75 Å². The van der Waals surface area contributed by atoms with Crippen molar-refractivity contribution in [3.63, 3.8) is 0 Å². The highest BCUT2D eigenvalue weighted by atomic mass is 32.2. The van der Waals surface area contributed by atoms with Crippen molar-refractivity contribution < 1.29 is 22.7 Å². The molecule has 3 aromatic carbocycles. The van der Waals surface area contributed by atoms with Crippen molar-refractivity contribution in [1.29, 1.82) is 0 Å². The fraction of sp³-hybridized carbons (Fsp3) is 0.259. The Morgan fingerprint density at radius 3 is 2.22 bits per heavy atom. The van der Waals surface area contributed by atoms with Crippen LogP contribution in [0.5, 0.6) is 5.75 Å². The molecule has 8 nitrogen and oxygen atoms in total. The summed E-state index contributed by atoms with van der Waals surface area (Å²) >= 11 is 0. The van der Waals surface area contributed by atoms with Gasteiger partial charge in [-0.15, -0.1) is 0 Å². The quantitative estimate of drug-likeness (QED) is 0.452. The molecule has 0 bridgehead atoms. The van der Waals surface area contributed by atoms with Gasteiger partial charge < -0.3 is 15.0 Å². The monoisotopic (exact) mass is 509 g/mol. The van der Waals surface area contributed by atoms with Gasteiger partial charge in [-0.05, 0) is 55.8 Å². The Bertz CT molecular complexity index is 1290. The van der Waals surface area contributed by atoms with Crippen molar-refractivity contribution >= 4 is 27.5 Å². The van der Waals surface area contributed by atoms with Gasteiger partial charge in [0.2, 0.25) is 11.8 Å². The zero-order valence-electron chi connectivity index (χ0n) is 20.8. The molecule has 0 saturated heterocycles. The average Bonchev–Trinajstić information content (AvgIpc) is 2.90. The summed E-state index contributed by atoms with van der Waals surface area (Å²) in [6, 6.07) is 21.1. The van der Waals surface area contributed by atoms with Gasteiger partial charge in [-0.25, -0.2) is 8.42 Å². The molecule has 3 rings (SSSR count). The summed E-state index contributed by atoms with van der Waals surface area (Å²) in [5.74, 6) is -0.308. The zero-order chi connectivity index (χ0) is 26.3. The van der Waals surface area contributed by atoms with E-state index in [1.807, 2.05) is 31.2 Å². The van der Waals surface area contributed by atoms with Crippen LogP contribution in [0, 0.1) is 6.92 Å². The summed E-state index contributed by atoms with van der Waals surface area (Å²) in [7, 11) is -1.08. The van der Waals surface area contributed by atoms with Crippen molar-refractivity contribution in [1.82, 2.24) is 10.2 Å². The van der Waals surface area contributed by atoms with Crippen LogP contribution in [0.2, 0.25) is 0 Å². The highest BCUT2D eigenvalue weighted by Crippen LogP contribution is 2.26. The molecule has 3 aromatic rings. The number of hydrogen-bond donors (Lipinski definition) is 1. The van der Waals surface area contributed by atoms with Crippen molar-refractivity contribution in [2.75, 3.05) is 25.0 Å². The molecule has 0 aliphatic rings. The summed E-state index contributed by atoms with van der Waals surface area (Å²) in [6.07, 6.45) is 0. The number of hydrogen-bond acceptors (Lipinski definition) is 5. The molecule has 0 aliphatic carbocycles. The molecule has 0 radical (unpaired) electrons. The Labute approximate surface area is 212 Å². The summed E-state index contributed by atoms with van der Waals surface area (Å²) < 4.78 is 33.6. The Balaban J connectivity index is 2.02. The molecule has 1 atom stereocenters. The average molecular weight is 510 g/mol. The van der Waals surface area contributed by atoms with Crippen LogP contribution in [0.3, 0.4) is 0 Å². The maximum Gasteiger partial charge on any atom is 0.264 e. The summed E-state index contributed by atoms with van der Waals surface area (Å²) in [6.45, 7) is 3.22. The minimum absolute atomic E-state index is 0.0539. The van der Waals surface area contributed by atoms with E-state index in [9.17, 15) is 18.0 Å². The normalized spacial score (nSPS) is 11.9.